The summed E-state index contributed by atoms with van der Waals surface area (Å²) < 4.78 is 8.30. The molecular formula is C28H39N3O2. The van der Waals surface area contributed by atoms with E-state index < -0.39 is 0 Å². The van der Waals surface area contributed by atoms with Gasteiger partial charge in [0.15, 0.2) is 0 Å². The van der Waals surface area contributed by atoms with Crippen LogP contribution in [0.2, 0.25) is 0 Å². The molecule has 0 spiro atoms. The number of para-hydroxylation sites is 2. The van der Waals surface area contributed by atoms with Crippen LogP contribution in [0.15, 0.2) is 48.5 Å². The van der Waals surface area contributed by atoms with Crippen LogP contribution in [0.1, 0.15) is 71.2 Å². The average molecular weight is 450 g/mol. The first-order valence-corrected chi connectivity index (χ1v) is 12.2. The van der Waals surface area contributed by atoms with Crippen molar-refractivity contribution in [2.24, 2.45) is 5.41 Å². The zero-order valence-electron chi connectivity index (χ0n) is 20.9. The number of benzene rings is 2. The van der Waals surface area contributed by atoms with E-state index >= 15 is 0 Å². The summed E-state index contributed by atoms with van der Waals surface area (Å²) in [5.74, 6) is 2.66. The lowest BCUT2D eigenvalue weighted by Gasteiger charge is -2.17. The highest BCUT2D eigenvalue weighted by Gasteiger charge is 2.20. The van der Waals surface area contributed by atoms with E-state index in [4.69, 9.17) is 9.72 Å². The Bertz CT molecular complexity index is 1030. The maximum Gasteiger partial charge on any atom is 0.225 e. The lowest BCUT2D eigenvalue weighted by atomic mass is 9.96. The van der Waals surface area contributed by atoms with Gasteiger partial charge in [-0.3, -0.25) is 4.79 Å². The molecule has 1 atom stereocenters. The third kappa shape index (κ3) is 6.83. The second-order valence-corrected chi connectivity index (χ2v) is 9.86. The Balaban J connectivity index is 1.55. The van der Waals surface area contributed by atoms with Crippen LogP contribution < -0.4 is 10.1 Å². The summed E-state index contributed by atoms with van der Waals surface area (Å²) in [4.78, 5) is 17.0. The summed E-state index contributed by atoms with van der Waals surface area (Å²) in [6.07, 6.45) is 3.74. The third-order valence-corrected chi connectivity index (χ3v) is 6.13. The van der Waals surface area contributed by atoms with E-state index in [1.165, 1.54) is 5.56 Å². The van der Waals surface area contributed by atoms with Gasteiger partial charge in [0.25, 0.3) is 0 Å². The molecule has 33 heavy (non-hydrogen) atoms. The molecule has 3 aromatic rings. The van der Waals surface area contributed by atoms with Gasteiger partial charge in [0.2, 0.25) is 5.91 Å². The molecule has 3 rings (SSSR count). The smallest absolute Gasteiger partial charge is 0.225 e. The lowest BCUT2D eigenvalue weighted by molar-refractivity contribution is -0.128. The van der Waals surface area contributed by atoms with Crippen LogP contribution in [0.5, 0.6) is 5.75 Å². The minimum absolute atomic E-state index is 0.0883. The van der Waals surface area contributed by atoms with Crippen molar-refractivity contribution >= 4 is 16.9 Å². The Kier molecular flexibility index (Phi) is 8.54. The van der Waals surface area contributed by atoms with E-state index in [1.807, 2.05) is 26.8 Å². The minimum atomic E-state index is -0.359. The van der Waals surface area contributed by atoms with Crippen molar-refractivity contribution in [3.05, 3.63) is 59.9 Å². The fraction of sp³-hybridized carbons (Fsp3) is 0.500. The van der Waals surface area contributed by atoms with Gasteiger partial charge in [-0.1, -0.05) is 58.9 Å². The number of aryl methyl sites for hydroxylation is 2. The monoisotopic (exact) mass is 449 g/mol. The van der Waals surface area contributed by atoms with Crippen LogP contribution in [-0.2, 0) is 17.8 Å². The van der Waals surface area contributed by atoms with Crippen molar-refractivity contribution < 1.29 is 9.53 Å². The molecule has 1 amide bonds. The van der Waals surface area contributed by atoms with Crippen LogP contribution in [0.25, 0.3) is 11.0 Å². The quantitative estimate of drug-likeness (QED) is 0.359. The average Bonchev–Trinajstić information content (AvgIpc) is 3.16. The number of ether oxygens (including phenoxy) is 1. The molecule has 0 radical (unpaired) electrons. The Hall–Kier alpha value is -2.82. The molecule has 1 heterocycles. The van der Waals surface area contributed by atoms with Gasteiger partial charge < -0.3 is 14.6 Å². The summed E-state index contributed by atoms with van der Waals surface area (Å²) in [5, 5.41) is 3.04. The second kappa shape index (κ2) is 11.4. The van der Waals surface area contributed by atoms with Gasteiger partial charge in [-0.2, -0.15) is 0 Å². The highest BCUT2D eigenvalue weighted by atomic mass is 16.5. The molecule has 2 aromatic carbocycles. The maximum atomic E-state index is 12.1. The first kappa shape index (κ1) is 24.8. The van der Waals surface area contributed by atoms with E-state index in [9.17, 15) is 4.79 Å². The van der Waals surface area contributed by atoms with Gasteiger partial charge in [0.05, 0.1) is 17.6 Å². The number of fused-ring (bicyclic) bond motifs is 1. The molecule has 5 nitrogen and oxygen atoms in total. The molecule has 0 aliphatic heterocycles. The fourth-order valence-electron chi connectivity index (χ4n) is 3.82. The second-order valence-electron chi connectivity index (χ2n) is 9.86. The largest absolute Gasteiger partial charge is 0.494 e. The van der Waals surface area contributed by atoms with Crippen molar-refractivity contribution in [2.45, 2.75) is 72.8 Å². The zero-order chi connectivity index (χ0) is 23.8. The van der Waals surface area contributed by atoms with Crippen molar-refractivity contribution in [1.29, 1.82) is 0 Å². The molecular weight excluding hydrogens is 410 g/mol. The summed E-state index contributed by atoms with van der Waals surface area (Å²) in [7, 11) is 0. The molecule has 0 aliphatic carbocycles. The van der Waals surface area contributed by atoms with Gasteiger partial charge in [0, 0.05) is 24.9 Å². The molecule has 178 valence electrons. The number of hydrogen-bond donors (Lipinski definition) is 1. The van der Waals surface area contributed by atoms with Crippen LogP contribution in [0.3, 0.4) is 0 Å². The maximum absolute atomic E-state index is 12.1. The Labute approximate surface area is 198 Å². The molecule has 1 unspecified atom stereocenters. The molecule has 1 aromatic heterocycles. The van der Waals surface area contributed by atoms with Crippen molar-refractivity contribution in [3.8, 4) is 5.75 Å². The Morgan fingerprint density at radius 1 is 1.09 bits per heavy atom. The van der Waals surface area contributed by atoms with E-state index in [0.717, 1.165) is 54.8 Å². The SMILES string of the molecule is CCC(C)c1ccc(OCCCn2c(CCCNC(=O)C(C)(C)C)nc3ccccc32)cc1. The number of nitrogens with one attached hydrogen (secondary N) is 1. The number of carbonyl (C=O) groups is 1. The standard InChI is InChI=1S/C28H39N3O2/c1-6-21(2)22-14-16-23(17-15-22)33-20-10-19-31-25-12-8-7-11-24(25)30-26(31)13-9-18-29-27(32)28(3,4)5/h7-8,11-12,14-17,21H,6,9-10,13,18-20H2,1-5H3,(H,29,32). The first-order valence-electron chi connectivity index (χ1n) is 12.2. The van der Waals surface area contributed by atoms with Crippen LogP contribution in [0, 0.1) is 5.41 Å². The van der Waals surface area contributed by atoms with Gasteiger partial charge >= 0.3 is 0 Å². The summed E-state index contributed by atoms with van der Waals surface area (Å²) in [6, 6.07) is 16.8. The summed E-state index contributed by atoms with van der Waals surface area (Å²) in [6.45, 7) is 12.4. The van der Waals surface area contributed by atoms with E-state index in [2.05, 4.69) is 66.2 Å². The van der Waals surface area contributed by atoms with Gasteiger partial charge in [-0.25, -0.2) is 4.98 Å². The number of nitrogens with zero attached hydrogens (tertiary/aromatic N) is 2. The van der Waals surface area contributed by atoms with Crippen LogP contribution in [0.4, 0.5) is 0 Å². The van der Waals surface area contributed by atoms with Crippen molar-refractivity contribution in [1.82, 2.24) is 14.9 Å². The predicted octanol–water partition coefficient (Wildman–Crippen LogP) is 6.11. The zero-order valence-corrected chi connectivity index (χ0v) is 20.9. The molecule has 5 heteroatoms. The van der Waals surface area contributed by atoms with Crippen LogP contribution in [-0.4, -0.2) is 28.6 Å². The van der Waals surface area contributed by atoms with Crippen molar-refractivity contribution in [2.75, 3.05) is 13.2 Å². The molecule has 0 saturated carbocycles. The summed E-state index contributed by atoms with van der Waals surface area (Å²) in [5.41, 5.74) is 3.18. The van der Waals surface area contributed by atoms with Gasteiger partial charge in [-0.05, 0) is 55.0 Å². The van der Waals surface area contributed by atoms with E-state index in [1.54, 1.807) is 0 Å². The Morgan fingerprint density at radius 2 is 1.82 bits per heavy atom. The first-order chi connectivity index (χ1) is 15.8. The molecule has 0 aliphatic rings. The van der Waals surface area contributed by atoms with Crippen molar-refractivity contribution in [3.63, 3.8) is 0 Å². The number of aromatic nitrogens is 2. The van der Waals surface area contributed by atoms with Crippen LogP contribution >= 0.6 is 0 Å². The molecule has 0 bridgehead atoms. The summed E-state index contributed by atoms with van der Waals surface area (Å²) >= 11 is 0. The predicted molar refractivity (Wildman–Crippen MR) is 136 cm³/mol. The highest BCUT2D eigenvalue weighted by molar-refractivity contribution is 5.81. The Morgan fingerprint density at radius 3 is 2.52 bits per heavy atom. The molecule has 0 saturated heterocycles. The number of imidazole rings is 1. The minimum Gasteiger partial charge on any atom is -0.494 e. The molecule has 1 N–H and O–H groups in total. The van der Waals surface area contributed by atoms with E-state index in [-0.39, 0.29) is 11.3 Å². The van der Waals surface area contributed by atoms with Gasteiger partial charge in [0.1, 0.15) is 11.6 Å². The highest BCUT2D eigenvalue weighted by Crippen LogP contribution is 2.22. The third-order valence-electron chi connectivity index (χ3n) is 6.13. The fourth-order valence-corrected chi connectivity index (χ4v) is 3.82. The topological polar surface area (TPSA) is 56.1 Å². The number of carbonyl (C=O) groups excluding carboxylic acids is 1. The van der Waals surface area contributed by atoms with E-state index in [0.29, 0.717) is 19.1 Å². The number of amides is 1. The lowest BCUT2D eigenvalue weighted by Crippen LogP contribution is -2.35. The number of rotatable bonds is 11. The molecule has 0 fully saturated rings. The van der Waals surface area contributed by atoms with Gasteiger partial charge in [-0.15, -0.1) is 0 Å². The normalized spacial score (nSPS) is 12.6. The number of hydrogen-bond acceptors (Lipinski definition) is 3.